The normalized spacial score (nSPS) is 10.8. The molecule has 166 valence electrons. The number of amides is 2. The molecule has 0 radical (unpaired) electrons. The first-order chi connectivity index (χ1) is 14.8. The summed E-state index contributed by atoms with van der Waals surface area (Å²) >= 11 is 0. The lowest BCUT2D eigenvalue weighted by atomic mass is 9.97. The fourth-order valence-electron chi connectivity index (χ4n) is 2.94. The minimum atomic E-state index is -0.444. The highest BCUT2D eigenvalue weighted by Crippen LogP contribution is 2.29. The van der Waals surface area contributed by atoms with Crippen LogP contribution in [0.5, 0.6) is 17.2 Å². The number of methoxy groups -OCH3 is 3. The molecule has 0 saturated heterocycles. The molecule has 0 aliphatic heterocycles. The first kappa shape index (κ1) is 23.7. The van der Waals surface area contributed by atoms with E-state index < -0.39 is 11.8 Å². The number of benzene rings is 2. The number of rotatable bonds is 9. The van der Waals surface area contributed by atoms with E-state index in [1.165, 1.54) is 14.2 Å². The van der Waals surface area contributed by atoms with E-state index in [4.69, 9.17) is 14.2 Å². The van der Waals surface area contributed by atoms with E-state index in [1.807, 2.05) is 19.1 Å². The van der Waals surface area contributed by atoms with Crippen LogP contribution in [0.1, 0.15) is 46.8 Å². The maximum atomic E-state index is 12.3. The largest absolute Gasteiger partial charge is 0.496 e. The predicted molar refractivity (Wildman–Crippen MR) is 119 cm³/mol. The molecule has 2 amide bonds. The molecule has 2 N–H and O–H groups in total. The molecule has 0 heterocycles. The van der Waals surface area contributed by atoms with Crippen molar-refractivity contribution in [3.63, 3.8) is 0 Å². The molecule has 0 aliphatic rings. The quantitative estimate of drug-likeness (QED) is 0.474. The van der Waals surface area contributed by atoms with Crippen LogP contribution >= 0.6 is 0 Å². The molecule has 0 spiro atoms. The summed E-state index contributed by atoms with van der Waals surface area (Å²) in [6, 6.07) is 8.70. The maximum Gasteiger partial charge on any atom is 0.259 e. The second-order valence-corrected chi connectivity index (χ2v) is 7.15. The van der Waals surface area contributed by atoms with Crippen molar-refractivity contribution in [1.82, 2.24) is 10.7 Å². The van der Waals surface area contributed by atoms with Crippen LogP contribution in [0.3, 0.4) is 0 Å². The van der Waals surface area contributed by atoms with Gasteiger partial charge in [0.1, 0.15) is 5.75 Å². The van der Waals surface area contributed by atoms with E-state index in [-0.39, 0.29) is 12.5 Å². The summed E-state index contributed by atoms with van der Waals surface area (Å²) in [4.78, 5) is 24.3. The first-order valence-electron chi connectivity index (χ1n) is 9.81. The van der Waals surface area contributed by atoms with Crippen molar-refractivity contribution in [2.45, 2.75) is 26.7 Å². The number of carbonyl (C=O) groups excluding carboxylic acids is 2. The van der Waals surface area contributed by atoms with Gasteiger partial charge in [0, 0.05) is 5.56 Å². The van der Waals surface area contributed by atoms with Gasteiger partial charge in [-0.3, -0.25) is 9.59 Å². The van der Waals surface area contributed by atoms with E-state index in [0.29, 0.717) is 17.1 Å². The summed E-state index contributed by atoms with van der Waals surface area (Å²) in [6.45, 7) is 5.89. The Bertz CT molecular complexity index is 970. The standard InChI is InChI=1S/C23H29N3O5/c1-14(2)18-10-17(15(3)9-20(18)30-5)12-25-26-22(27)13-24-23(28)16-7-8-19(29-4)21(11-16)31-6/h7-12,14H,13H2,1-6H3,(H,24,28)(H,26,27)/b25-12-. The Hall–Kier alpha value is -3.55. The fraction of sp³-hybridized carbons (Fsp3) is 0.348. The van der Waals surface area contributed by atoms with Gasteiger partial charge in [-0.05, 0) is 59.9 Å². The summed E-state index contributed by atoms with van der Waals surface area (Å²) in [5.74, 6) is 1.20. The average Bonchev–Trinajstić information content (AvgIpc) is 2.77. The van der Waals surface area contributed by atoms with Crippen LogP contribution in [0.15, 0.2) is 35.4 Å². The smallest absolute Gasteiger partial charge is 0.259 e. The fourth-order valence-corrected chi connectivity index (χ4v) is 2.94. The number of nitrogens with one attached hydrogen (secondary N) is 2. The Morgan fingerprint density at radius 2 is 1.68 bits per heavy atom. The number of hydrogen-bond acceptors (Lipinski definition) is 6. The van der Waals surface area contributed by atoms with E-state index >= 15 is 0 Å². The molecule has 0 aromatic heterocycles. The van der Waals surface area contributed by atoms with Crippen LogP contribution in [0.2, 0.25) is 0 Å². The van der Waals surface area contributed by atoms with E-state index in [2.05, 4.69) is 29.7 Å². The lowest BCUT2D eigenvalue weighted by Gasteiger charge is -2.14. The third kappa shape index (κ3) is 6.21. The van der Waals surface area contributed by atoms with Crippen molar-refractivity contribution in [3.8, 4) is 17.2 Å². The minimum absolute atomic E-state index is 0.219. The van der Waals surface area contributed by atoms with Gasteiger partial charge in [0.05, 0.1) is 34.1 Å². The van der Waals surface area contributed by atoms with Crippen molar-refractivity contribution < 1.29 is 23.8 Å². The Morgan fingerprint density at radius 1 is 1.00 bits per heavy atom. The molecule has 31 heavy (non-hydrogen) atoms. The number of ether oxygens (including phenoxy) is 3. The highest BCUT2D eigenvalue weighted by Gasteiger charge is 2.12. The molecule has 0 saturated carbocycles. The van der Waals surface area contributed by atoms with Crippen LogP contribution < -0.4 is 25.0 Å². The molecule has 2 aromatic rings. The Balaban J connectivity index is 1.96. The van der Waals surface area contributed by atoms with Crippen molar-refractivity contribution in [2.24, 2.45) is 5.10 Å². The van der Waals surface area contributed by atoms with Gasteiger partial charge in [-0.2, -0.15) is 5.10 Å². The van der Waals surface area contributed by atoms with Crippen molar-refractivity contribution in [2.75, 3.05) is 27.9 Å². The van der Waals surface area contributed by atoms with Gasteiger partial charge in [-0.15, -0.1) is 0 Å². The lowest BCUT2D eigenvalue weighted by molar-refractivity contribution is -0.120. The summed E-state index contributed by atoms with van der Waals surface area (Å²) in [7, 11) is 4.64. The second kappa shape index (κ2) is 11.0. The third-order valence-corrected chi connectivity index (χ3v) is 4.69. The SMILES string of the molecule is COc1ccc(C(=O)NCC(=O)N/N=C\c2cc(C(C)C)c(OC)cc2C)cc1OC. The number of nitrogens with zero attached hydrogens (tertiary/aromatic N) is 1. The van der Waals surface area contributed by atoms with Crippen molar-refractivity contribution >= 4 is 18.0 Å². The molecule has 8 nitrogen and oxygen atoms in total. The monoisotopic (exact) mass is 427 g/mol. The zero-order chi connectivity index (χ0) is 23.0. The summed E-state index contributed by atoms with van der Waals surface area (Å²) < 4.78 is 15.8. The molecule has 2 aromatic carbocycles. The molecule has 0 unspecified atom stereocenters. The van der Waals surface area contributed by atoms with Crippen LogP contribution in [0.25, 0.3) is 0 Å². The zero-order valence-corrected chi connectivity index (χ0v) is 18.7. The lowest BCUT2D eigenvalue weighted by Crippen LogP contribution is -2.34. The van der Waals surface area contributed by atoms with Gasteiger partial charge < -0.3 is 19.5 Å². The number of carbonyl (C=O) groups is 2. The average molecular weight is 428 g/mol. The van der Waals surface area contributed by atoms with Crippen LogP contribution in [-0.2, 0) is 4.79 Å². The van der Waals surface area contributed by atoms with E-state index in [9.17, 15) is 9.59 Å². The molecular weight excluding hydrogens is 398 g/mol. The van der Waals surface area contributed by atoms with Crippen molar-refractivity contribution in [3.05, 3.63) is 52.6 Å². The Morgan fingerprint density at radius 3 is 2.29 bits per heavy atom. The summed E-state index contributed by atoms with van der Waals surface area (Å²) in [5.41, 5.74) is 5.68. The van der Waals surface area contributed by atoms with Crippen LogP contribution in [0.4, 0.5) is 0 Å². The van der Waals surface area contributed by atoms with Gasteiger partial charge in [-0.1, -0.05) is 13.8 Å². The Kier molecular flexibility index (Phi) is 8.43. The second-order valence-electron chi connectivity index (χ2n) is 7.15. The van der Waals surface area contributed by atoms with Crippen LogP contribution in [0, 0.1) is 6.92 Å². The highest BCUT2D eigenvalue weighted by atomic mass is 16.5. The number of aryl methyl sites for hydroxylation is 1. The number of hydrogen-bond donors (Lipinski definition) is 2. The van der Waals surface area contributed by atoms with Gasteiger partial charge in [-0.25, -0.2) is 5.43 Å². The van der Waals surface area contributed by atoms with Gasteiger partial charge >= 0.3 is 0 Å². The first-order valence-corrected chi connectivity index (χ1v) is 9.81. The third-order valence-electron chi connectivity index (χ3n) is 4.69. The van der Waals surface area contributed by atoms with E-state index in [1.54, 1.807) is 31.5 Å². The molecule has 8 heteroatoms. The summed E-state index contributed by atoms with van der Waals surface area (Å²) in [5, 5.41) is 6.55. The molecule has 0 atom stereocenters. The molecule has 0 aliphatic carbocycles. The predicted octanol–water partition coefficient (Wildman–Crippen LogP) is 3.02. The number of hydrazone groups is 1. The molecular formula is C23H29N3O5. The van der Waals surface area contributed by atoms with Gasteiger partial charge in [0.15, 0.2) is 11.5 Å². The highest BCUT2D eigenvalue weighted by molar-refractivity contribution is 5.97. The maximum absolute atomic E-state index is 12.3. The van der Waals surface area contributed by atoms with E-state index in [0.717, 1.165) is 22.4 Å². The minimum Gasteiger partial charge on any atom is -0.496 e. The molecule has 0 fully saturated rings. The van der Waals surface area contributed by atoms with Crippen molar-refractivity contribution in [1.29, 1.82) is 0 Å². The van der Waals surface area contributed by atoms with Gasteiger partial charge in [0.2, 0.25) is 0 Å². The topological polar surface area (TPSA) is 98.2 Å². The zero-order valence-electron chi connectivity index (χ0n) is 18.7. The van der Waals surface area contributed by atoms with Crippen LogP contribution in [-0.4, -0.2) is 45.9 Å². The Labute approximate surface area is 182 Å². The summed E-state index contributed by atoms with van der Waals surface area (Å²) in [6.07, 6.45) is 1.58. The molecule has 2 rings (SSSR count). The molecule has 0 bridgehead atoms. The van der Waals surface area contributed by atoms with Gasteiger partial charge in [0.25, 0.3) is 11.8 Å².